The molecule has 0 aliphatic carbocycles. The first kappa shape index (κ1) is 8.20. The highest BCUT2D eigenvalue weighted by Crippen LogP contribution is 2.26. The van der Waals surface area contributed by atoms with Crippen molar-refractivity contribution in [3.63, 3.8) is 0 Å². The number of aromatic nitrogens is 1. The predicted molar refractivity (Wildman–Crippen MR) is 51.7 cm³/mol. The summed E-state index contributed by atoms with van der Waals surface area (Å²) in [6, 6.07) is 0. The van der Waals surface area contributed by atoms with E-state index in [0.29, 0.717) is 5.92 Å². The second kappa shape index (κ2) is 3.15. The zero-order valence-electron chi connectivity index (χ0n) is 7.58. The van der Waals surface area contributed by atoms with Gasteiger partial charge in [0.05, 0.1) is 10.7 Å². The fourth-order valence-electron chi connectivity index (χ4n) is 1.74. The Kier molecular flexibility index (Phi) is 2.15. The van der Waals surface area contributed by atoms with Gasteiger partial charge in [-0.05, 0) is 26.9 Å². The summed E-state index contributed by atoms with van der Waals surface area (Å²) in [5.41, 5.74) is 1.31. The topological polar surface area (TPSA) is 16.1 Å². The Hall–Kier alpha value is -0.410. The average Bonchev–Trinajstić information content (AvgIpc) is 2.58. The van der Waals surface area contributed by atoms with E-state index in [4.69, 9.17) is 0 Å². The molecule has 1 saturated heterocycles. The summed E-state index contributed by atoms with van der Waals surface area (Å²) in [5.74, 6) is 0.694. The summed E-state index contributed by atoms with van der Waals surface area (Å²) in [5, 5.41) is 3.40. The maximum Gasteiger partial charge on any atom is 0.0897 e. The second-order valence-electron chi connectivity index (χ2n) is 3.54. The van der Waals surface area contributed by atoms with Crippen LogP contribution in [0, 0.1) is 6.92 Å². The minimum atomic E-state index is 0.694. The highest BCUT2D eigenvalue weighted by Gasteiger charge is 2.22. The molecule has 0 amide bonds. The molecule has 0 aromatic carbocycles. The van der Waals surface area contributed by atoms with Crippen LogP contribution in [0.5, 0.6) is 0 Å². The van der Waals surface area contributed by atoms with Gasteiger partial charge in [0.1, 0.15) is 0 Å². The molecule has 1 aliphatic heterocycles. The van der Waals surface area contributed by atoms with Crippen LogP contribution in [0.3, 0.4) is 0 Å². The molecule has 2 heterocycles. The number of hydrogen-bond acceptors (Lipinski definition) is 3. The smallest absolute Gasteiger partial charge is 0.0897 e. The number of nitrogens with zero attached hydrogens (tertiary/aromatic N) is 2. The van der Waals surface area contributed by atoms with Gasteiger partial charge in [0, 0.05) is 17.8 Å². The lowest BCUT2D eigenvalue weighted by atomic mass is 10.1. The van der Waals surface area contributed by atoms with Crippen LogP contribution in [-0.4, -0.2) is 30.0 Å². The van der Waals surface area contributed by atoms with E-state index in [-0.39, 0.29) is 0 Å². The Morgan fingerprint density at radius 1 is 1.67 bits per heavy atom. The molecule has 1 atom stereocenters. The third kappa shape index (κ3) is 1.52. The molecule has 1 aliphatic rings. The molecular formula is C9H14N2S. The summed E-state index contributed by atoms with van der Waals surface area (Å²) >= 11 is 1.76. The first-order valence-corrected chi connectivity index (χ1v) is 5.24. The minimum Gasteiger partial charge on any atom is -0.306 e. The van der Waals surface area contributed by atoms with Gasteiger partial charge in [-0.25, -0.2) is 4.98 Å². The molecule has 0 spiro atoms. The second-order valence-corrected chi connectivity index (χ2v) is 4.60. The summed E-state index contributed by atoms with van der Waals surface area (Å²) in [6.07, 6.45) is 1.28. The van der Waals surface area contributed by atoms with Crippen molar-refractivity contribution in [2.75, 3.05) is 20.1 Å². The van der Waals surface area contributed by atoms with Crippen LogP contribution in [0.2, 0.25) is 0 Å². The van der Waals surface area contributed by atoms with Gasteiger partial charge in [-0.2, -0.15) is 0 Å². The van der Waals surface area contributed by atoms with Crippen LogP contribution in [0.1, 0.15) is 23.0 Å². The van der Waals surface area contributed by atoms with Gasteiger partial charge >= 0.3 is 0 Å². The van der Waals surface area contributed by atoms with Crippen LogP contribution in [0.25, 0.3) is 0 Å². The van der Waals surface area contributed by atoms with Crippen LogP contribution in [-0.2, 0) is 0 Å². The van der Waals surface area contributed by atoms with Gasteiger partial charge < -0.3 is 4.90 Å². The van der Waals surface area contributed by atoms with Crippen molar-refractivity contribution in [2.24, 2.45) is 0 Å². The third-order valence-electron chi connectivity index (χ3n) is 2.45. The number of thiazole rings is 1. The third-order valence-corrected chi connectivity index (χ3v) is 3.24. The largest absolute Gasteiger partial charge is 0.306 e. The molecule has 0 bridgehead atoms. The van der Waals surface area contributed by atoms with E-state index < -0.39 is 0 Å². The van der Waals surface area contributed by atoms with Crippen molar-refractivity contribution in [3.05, 3.63) is 16.1 Å². The summed E-state index contributed by atoms with van der Waals surface area (Å²) in [7, 11) is 2.18. The first-order valence-electron chi connectivity index (χ1n) is 4.36. The average molecular weight is 182 g/mol. The molecule has 1 unspecified atom stereocenters. The van der Waals surface area contributed by atoms with E-state index in [9.17, 15) is 0 Å². The molecule has 1 aromatic heterocycles. The minimum absolute atomic E-state index is 0.694. The standard InChI is InChI=1S/C9H14N2S/c1-7-10-9(6-12-7)8-3-4-11(2)5-8/h6,8H,3-5H2,1-2H3. The lowest BCUT2D eigenvalue weighted by molar-refractivity contribution is 0.411. The van der Waals surface area contributed by atoms with Crippen LogP contribution in [0.4, 0.5) is 0 Å². The van der Waals surface area contributed by atoms with Crippen molar-refractivity contribution in [2.45, 2.75) is 19.3 Å². The normalized spacial score (nSPS) is 25.0. The highest BCUT2D eigenvalue weighted by atomic mass is 32.1. The van der Waals surface area contributed by atoms with E-state index in [0.717, 1.165) is 0 Å². The Labute approximate surface area is 77.2 Å². The van der Waals surface area contributed by atoms with Gasteiger partial charge in [-0.3, -0.25) is 0 Å². The van der Waals surface area contributed by atoms with Gasteiger partial charge in [0.2, 0.25) is 0 Å². The Morgan fingerprint density at radius 3 is 3.00 bits per heavy atom. The van der Waals surface area contributed by atoms with Crippen molar-refractivity contribution in [1.82, 2.24) is 9.88 Å². The SMILES string of the molecule is Cc1nc(C2CCN(C)C2)cs1. The van der Waals surface area contributed by atoms with E-state index >= 15 is 0 Å². The van der Waals surface area contributed by atoms with E-state index in [1.54, 1.807) is 11.3 Å². The molecule has 66 valence electrons. The molecule has 1 fully saturated rings. The van der Waals surface area contributed by atoms with Crippen LogP contribution in [0.15, 0.2) is 5.38 Å². The predicted octanol–water partition coefficient (Wildman–Crippen LogP) is 1.87. The van der Waals surface area contributed by atoms with Crippen molar-refractivity contribution in [1.29, 1.82) is 0 Å². The van der Waals surface area contributed by atoms with Crippen LogP contribution >= 0.6 is 11.3 Å². The monoisotopic (exact) mass is 182 g/mol. The lowest BCUT2D eigenvalue weighted by Gasteiger charge is -2.06. The Bertz CT molecular complexity index is 269. The summed E-state index contributed by atoms with van der Waals surface area (Å²) in [4.78, 5) is 6.89. The van der Waals surface area contributed by atoms with E-state index in [1.165, 1.54) is 30.2 Å². The molecule has 0 N–H and O–H groups in total. The molecular weight excluding hydrogens is 168 g/mol. The molecule has 2 rings (SSSR count). The quantitative estimate of drug-likeness (QED) is 0.659. The number of rotatable bonds is 1. The Balaban J connectivity index is 2.11. The van der Waals surface area contributed by atoms with Crippen molar-refractivity contribution < 1.29 is 0 Å². The fourth-order valence-corrected chi connectivity index (χ4v) is 2.44. The van der Waals surface area contributed by atoms with Gasteiger partial charge in [-0.15, -0.1) is 11.3 Å². The number of likely N-dealkylation sites (tertiary alicyclic amines) is 1. The zero-order chi connectivity index (χ0) is 8.55. The van der Waals surface area contributed by atoms with Crippen LogP contribution < -0.4 is 0 Å². The zero-order valence-corrected chi connectivity index (χ0v) is 8.40. The fraction of sp³-hybridized carbons (Fsp3) is 0.667. The highest BCUT2D eigenvalue weighted by molar-refractivity contribution is 7.09. The molecule has 1 aromatic rings. The number of hydrogen-bond donors (Lipinski definition) is 0. The van der Waals surface area contributed by atoms with E-state index in [2.05, 4.69) is 29.2 Å². The number of likely N-dealkylation sites (N-methyl/N-ethyl adjacent to an activating group) is 1. The lowest BCUT2D eigenvalue weighted by Crippen LogP contribution is -2.13. The molecule has 0 saturated carbocycles. The maximum absolute atomic E-state index is 4.52. The molecule has 12 heavy (non-hydrogen) atoms. The molecule has 2 nitrogen and oxygen atoms in total. The van der Waals surface area contributed by atoms with Crippen molar-refractivity contribution >= 4 is 11.3 Å². The van der Waals surface area contributed by atoms with Gasteiger partial charge in [0.15, 0.2) is 0 Å². The van der Waals surface area contributed by atoms with E-state index in [1.807, 2.05) is 0 Å². The first-order chi connectivity index (χ1) is 5.75. The van der Waals surface area contributed by atoms with Gasteiger partial charge in [0.25, 0.3) is 0 Å². The number of aryl methyl sites for hydroxylation is 1. The summed E-state index contributed by atoms with van der Waals surface area (Å²) in [6.45, 7) is 4.48. The van der Waals surface area contributed by atoms with Crippen molar-refractivity contribution in [3.8, 4) is 0 Å². The maximum atomic E-state index is 4.52. The summed E-state index contributed by atoms with van der Waals surface area (Å²) < 4.78 is 0. The van der Waals surface area contributed by atoms with Gasteiger partial charge in [-0.1, -0.05) is 0 Å². The molecule has 0 radical (unpaired) electrons. The molecule has 3 heteroatoms. The Morgan fingerprint density at radius 2 is 2.50 bits per heavy atom.